The van der Waals surface area contributed by atoms with Crippen LogP contribution < -0.4 is 11.0 Å². The smallest absolute Gasteiger partial charge is 0.324 e. The molecule has 146 valence electrons. The van der Waals surface area contributed by atoms with Gasteiger partial charge in [0.2, 0.25) is 5.91 Å². The van der Waals surface area contributed by atoms with Gasteiger partial charge in [-0.1, -0.05) is 29.8 Å². The molecule has 1 amide bonds. The second kappa shape index (κ2) is 7.35. The number of nitrogens with zero attached hydrogens (tertiary/aromatic N) is 4. The molecule has 0 saturated carbocycles. The van der Waals surface area contributed by atoms with E-state index in [1.165, 1.54) is 10.1 Å². The Hall–Kier alpha value is -3.74. The molecule has 2 heterocycles. The lowest BCUT2D eigenvalue weighted by Crippen LogP contribution is -2.28. The van der Waals surface area contributed by atoms with Crippen LogP contribution in [0.5, 0.6) is 0 Å². The fourth-order valence-electron chi connectivity index (χ4n) is 3.04. The van der Waals surface area contributed by atoms with Crippen LogP contribution >= 0.6 is 0 Å². The monoisotopic (exact) mass is 387 g/mol. The van der Waals surface area contributed by atoms with Crippen LogP contribution in [0.15, 0.2) is 59.4 Å². The number of nitrogens with one attached hydrogen (secondary N) is 1. The Balaban J connectivity index is 1.60. The fourth-order valence-corrected chi connectivity index (χ4v) is 3.04. The van der Waals surface area contributed by atoms with E-state index in [1.807, 2.05) is 69.3 Å². The lowest BCUT2D eigenvalue weighted by atomic mass is 10.0. The summed E-state index contributed by atoms with van der Waals surface area (Å²) in [5.74, 6) is -0.325. The average Bonchev–Trinajstić information content (AvgIpc) is 3.01. The van der Waals surface area contributed by atoms with Crippen molar-refractivity contribution in [2.75, 3.05) is 5.32 Å². The summed E-state index contributed by atoms with van der Waals surface area (Å²) < 4.78 is 2.35. The van der Waals surface area contributed by atoms with Crippen LogP contribution in [0.3, 0.4) is 0 Å². The molecule has 0 atom stereocenters. The largest absolute Gasteiger partial charge is 0.367 e. The average molecular weight is 387 g/mol. The Morgan fingerprint density at radius 2 is 1.69 bits per heavy atom. The molecule has 0 spiro atoms. The molecule has 4 aromatic rings. The van der Waals surface area contributed by atoms with E-state index in [0.29, 0.717) is 17.0 Å². The molecule has 0 fully saturated rings. The first-order valence-corrected chi connectivity index (χ1v) is 9.32. The first-order chi connectivity index (χ1) is 13.9. The van der Waals surface area contributed by atoms with E-state index in [1.54, 1.807) is 6.07 Å². The zero-order valence-corrected chi connectivity index (χ0v) is 16.5. The zero-order valence-electron chi connectivity index (χ0n) is 16.5. The van der Waals surface area contributed by atoms with Crippen LogP contribution in [0.2, 0.25) is 0 Å². The maximum Gasteiger partial charge on any atom is 0.367 e. The Morgan fingerprint density at radius 3 is 2.41 bits per heavy atom. The number of rotatable bonds is 4. The van der Waals surface area contributed by atoms with Crippen LogP contribution in [0.1, 0.15) is 16.7 Å². The van der Waals surface area contributed by atoms with Crippen LogP contribution in [-0.4, -0.2) is 25.3 Å². The molecule has 7 heteroatoms. The van der Waals surface area contributed by atoms with Crippen molar-refractivity contribution in [3.8, 4) is 11.3 Å². The van der Waals surface area contributed by atoms with Gasteiger partial charge >= 0.3 is 5.69 Å². The molecular weight excluding hydrogens is 366 g/mol. The Kier molecular flexibility index (Phi) is 4.72. The normalized spacial score (nSPS) is 11.0. The van der Waals surface area contributed by atoms with Gasteiger partial charge in [0.1, 0.15) is 6.54 Å². The molecule has 0 aliphatic heterocycles. The first-order valence-electron chi connectivity index (χ1n) is 9.32. The molecule has 0 aliphatic rings. The molecule has 29 heavy (non-hydrogen) atoms. The predicted molar refractivity (Wildman–Crippen MR) is 112 cm³/mol. The molecule has 0 radical (unpaired) electrons. The summed E-state index contributed by atoms with van der Waals surface area (Å²) in [7, 11) is 0. The van der Waals surface area contributed by atoms with Gasteiger partial charge in [-0.3, -0.25) is 4.79 Å². The van der Waals surface area contributed by atoms with E-state index in [9.17, 15) is 9.59 Å². The number of carbonyl (C=O) groups excluding carboxylic acids is 1. The molecule has 2 aromatic heterocycles. The van der Waals surface area contributed by atoms with Gasteiger partial charge in [0.15, 0.2) is 5.65 Å². The Morgan fingerprint density at radius 1 is 0.931 bits per heavy atom. The summed E-state index contributed by atoms with van der Waals surface area (Å²) in [6.45, 7) is 5.87. The highest BCUT2D eigenvalue weighted by Gasteiger charge is 2.13. The number of aryl methyl sites for hydroxylation is 3. The highest BCUT2D eigenvalue weighted by molar-refractivity contribution is 5.90. The molecule has 7 nitrogen and oxygen atoms in total. The number of carbonyl (C=O) groups is 1. The van der Waals surface area contributed by atoms with E-state index in [4.69, 9.17) is 0 Å². The second-order valence-electron chi connectivity index (χ2n) is 7.14. The first kappa shape index (κ1) is 18.6. The third kappa shape index (κ3) is 3.80. The van der Waals surface area contributed by atoms with Crippen LogP contribution in [0.25, 0.3) is 16.9 Å². The second-order valence-corrected chi connectivity index (χ2v) is 7.14. The summed E-state index contributed by atoms with van der Waals surface area (Å²) in [6, 6.07) is 17.0. The number of anilines is 1. The molecule has 1 N–H and O–H groups in total. The summed E-state index contributed by atoms with van der Waals surface area (Å²) in [5.41, 5.74) is 5.66. The van der Waals surface area contributed by atoms with Gasteiger partial charge in [-0.2, -0.15) is 9.61 Å². The number of benzene rings is 2. The van der Waals surface area contributed by atoms with Gasteiger partial charge < -0.3 is 5.32 Å². The molecule has 0 bridgehead atoms. The number of amides is 1. The van der Waals surface area contributed by atoms with Gasteiger partial charge in [-0.25, -0.2) is 9.48 Å². The number of hydrogen-bond acceptors (Lipinski definition) is 4. The summed E-state index contributed by atoms with van der Waals surface area (Å²) in [6.07, 6.45) is 0. The maximum atomic E-state index is 12.7. The highest BCUT2D eigenvalue weighted by Crippen LogP contribution is 2.20. The fraction of sp³-hybridized carbons (Fsp3) is 0.182. The van der Waals surface area contributed by atoms with Crippen molar-refractivity contribution in [2.24, 2.45) is 0 Å². The topological polar surface area (TPSA) is 81.3 Å². The van der Waals surface area contributed by atoms with E-state index in [0.717, 1.165) is 21.4 Å². The SMILES string of the molecule is Cc1ccc(NC(=O)Cn2nc3ccc(-c4ccc(C)c(C)c4)nn3c2=O)cc1. The summed E-state index contributed by atoms with van der Waals surface area (Å²) in [5, 5.41) is 11.4. The maximum absolute atomic E-state index is 12.7. The van der Waals surface area contributed by atoms with Gasteiger partial charge in [0.25, 0.3) is 0 Å². The van der Waals surface area contributed by atoms with Crippen LogP contribution in [-0.2, 0) is 11.3 Å². The molecule has 0 aliphatic carbocycles. The van der Waals surface area contributed by atoms with E-state index >= 15 is 0 Å². The van der Waals surface area contributed by atoms with Crippen LogP contribution in [0, 0.1) is 20.8 Å². The van der Waals surface area contributed by atoms with Crippen molar-refractivity contribution in [3.05, 3.63) is 81.8 Å². The van der Waals surface area contributed by atoms with Crippen LogP contribution in [0.4, 0.5) is 5.69 Å². The quantitative estimate of drug-likeness (QED) is 0.583. The van der Waals surface area contributed by atoms with Gasteiger partial charge in [0.05, 0.1) is 5.69 Å². The predicted octanol–water partition coefficient (Wildman–Crippen LogP) is 3.12. The minimum Gasteiger partial charge on any atom is -0.324 e. The minimum atomic E-state index is -0.454. The van der Waals surface area contributed by atoms with Crippen molar-refractivity contribution in [1.29, 1.82) is 0 Å². The van der Waals surface area contributed by atoms with Crippen molar-refractivity contribution >= 4 is 17.2 Å². The van der Waals surface area contributed by atoms with Crippen molar-refractivity contribution in [3.63, 3.8) is 0 Å². The minimum absolute atomic E-state index is 0.185. The molecule has 0 saturated heterocycles. The summed E-state index contributed by atoms with van der Waals surface area (Å²) in [4.78, 5) is 25.0. The lowest BCUT2D eigenvalue weighted by molar-refractivity contribution is -0.117. The van der Waals surface area contributed by atoms with E-state index in [2.05, 4.69) is 15.5 Å². The third-order valence-electron chi connectivity index (χ3n) is 4.87. The standard InChI is InChI=1S/C22H21N5O2/c1-14-4-8-18(9-5-14)23-21(28)13-26-22(29)27-20(25-26)11-10-19(24-27)17-7-6-15(2)16(3)12-17/h4-12H,13H2,1-3H3,(H,23,28). The highest BCUT2D eigenvalue weighted by atomic mass is 16.2. The molecule has 4 rings (SSSR count). The Labute approximate surface area is 167 Å². The third-order valence-corrected chi connectivity index (χ3v) is 4.87. The van der Waals surface area contributed by atoms with Gasteiger partial charge in [-0.05, 0) is 62.2 Å². The van der Waals surface area contributed by atoms with Gasteiger partial charge in [-0.15, -0.1) is 5.10 Å². The van der Waals surface area contributed by atoms with Crippen molar-refractivity contribution in [1.82, 2.24) is 19.4 Å². The summed E-state index contributed by atoms with van der Waals surface area (Å²) >= 11 is 0. The van der Waals surface area contributed by atoms with Crippen molar-refractivity contribution < 1.29 is 4.79 Å². The molecular formula is C22H21N5O2. The van der Waals surface area contributed by atoms with Gasteiger partial charge in [0, 0.05) is 11.3 Å². The number of fused-ring (bicyclic) bond motifs is 1. The lowest BCUT2D eigenvalue weighted by Gasteiger charge is -2.05. The molecule has 0 unspecified atom stereocenters. The van der Waals surface area contributed by atoms with Crippen molar-refractivity contribution in [2.45, 2.75) is 27.3 Å². The number of hydrogen-bond donors (Lipinski definition) is 1. The van der Waals surface area contributed by atoms with E-state index in [-0.39, 0.29) is 12.5 Å². The van der Waals surface area contributed by atoms with E-state index < -0.39 is 5.69 Å². The molecule has 2 aromatic carbocycles. The number of aromatic nitrogens is 4. The zero-order chi connectivity index (χ0) is 20.5. The Bertz CT molecular complexity index is 1270.